The van der Waals surface area contributed by atoms with Crippen molar-refractivity contribution in [2.45, 2.75) is 140 Å². The molecule has 7 heterocycles. The number of aromatic hydroxyl groups is 1. The van der Waals surface area contributed by atoms with Crippen molar-refractivity contribution in [3.63, 3.8) is 0 Å². The number of piperazine rings is 1. The monoisotopic (exact) mass is 980 g/mol. The molecular weight excluding hydrogens is 917 g/mol. The Balaban J connectivity index is 1.26. The van der Waals surface area contributed by atoms with Crippen LogP contribution in [0.25, 0.3) is 0 Å². The fourth-order valence-electron chi connectivity index (χ4n) is 11.8. The van der Waals surface area contributed by atoms with Gasteiger partial charge in [0.25, 0.3) is 0 Å². The standard InChI is InChI=1S/C53H64N4O12S/c1-10-12-13-14-15-16-38(58)68-46-29(4)47-48(66-27-65-47)40-35-25-64-50(60)53(32-23-36(62-8)37(22-30(32)17-18-55-53)67-51(61)69-52(5,6)7)26-70-49(41(40)46)43-42-39-31(20-28(3)45(63-9)44(39)59)21-33(56(42)19-11-2)34(24-54)57(35)43/h11,20,22-23,33-35,42-43,49,55,59H,2,10,12-19,21,25-27H2,1,3-9H3/t33-,34-,35+,42+,43?,49+,53+/m0/s1. The summed E-state index contributed by atoms with van der Waals surface area (Å²) in [6.45, 7) is 15.8. The summed E-state index contributed by atoms with van der Waals surface area (Å²) in [5, 5.41) is 26.8. The molecule has 10 rings (SSSR count). The van der Waals surface area contributed by atoms with Gasteiger partial charge in [-0.2, -0.15) is 5.26 Å². The number of hydrogen-bond donors (Lipinski definition) is 2. The molecular formula is C53H64N4O12S. The van der Waals surface area contributed by atoms with Crippen molar-refractivity contribution in [1.82, 2.24) is 15.1 Å². The summed E-state index contributed by atoms with van der Waals surface area (Å²) < 4.78 is 48.7. The van der Waals surface area contributed by atoms with Crippen molar-refractivity contribution in [2.24, 2.45) is 0 Å². The van der Waals surface area contributed by atoms with E-state index in [9.17, 15) is 20.0 Å². The largest absolute Gasteiger partial charge is 0.514 e. The lowest BCUT2D eigenvalue weighted by atomic mass is 9.71. The number of unbranched alkanes of at least 4 members (excludes halogenated alkanes) is 4. The highest BCUT2D eigenvalue weighted by molar-refractivity contribution is 7.99. The molecule has 7 atom stereocenters. The van der Waals surface area contributed by atoms with Crippen molar-refractivity contribution in [1.29, 1.82) is 5.26 Å². The molecule has 2 N–H and O–H groups in total. The minimum Gasteiger partial charge on any atom is -0.504 e. The lowest BCUT2D eigenvalue weighted by Gasteiger charge is -2.62. The summed E-state index contributed by atoms with van der Waals surface area (Å²) in [5.74, 6) is 1.10. The number of rotatable bonds is 12. The molecule has 70 heavy (non-hydrogen) atoms. The van der Waals surface area contributed by atoms with Crippen LogP contribution >= 0.6 is 11.8 Å². The topological polar surface area (TPSA) is 188 Å². The number of hydrogen-bond acceptors (Lipinski definition) is 17. The summed E-state index contributed by atoms with van der Waals surface area (Å²) in [6, 6.07) is 5.03. The summed E-state index contributed by atoms with van der Waals surface area (Å²) >= 11 is 1.47. The second kappa shape index (κ2) is 19.5. The van der Waals surface area contributed by atoms with E-state index in [-0.39, 0.29) is 54.8 Å². The quantitative estimate of drug-likeness (QED) is 0.0578. The first kappa shape index (κ1) is 49.3. The Hall–Kier alpha value is -5.67. The Morgan fingerprint density at radius 1 is 1.00 bits per heavy atom. The number of esters is 2. The highest BCUT2D eigenvalue weighted by Crippen LogP contribution is 2.65. The fourth-order valence-corrected chi connectivity index (χ4v) is 13.4. The molecule has 2 fully saturated rings. The lowest BCUT2D eigenvalue weighted by molar-refractivity contribution is -0.157. The van der Waals surface area contributed by atoms with Crippen LogP contribution in [0.3, 0.4) is 0 Å². The van der Waals surface area contributed by atoms with E-state index in [1.807, 2.05) is 26.0 Å². The van der Waals surface area contributed by atoms with Gasteiger partial charge in [-0.15, -0.1) is 18.3 Å². The maximum absolute atomic E-state index is 15.3. The lowest BCUT2D eigenvalue weighted by Crippen LogP contribution is -2.70. The minimum absolute atomic E-state index is 0.0161. The van der Waals surface area contributed by atoms with Gasteiger partial charge in [0.15, 0.2) is 40.0 Å². The van der Waals surface area contributed by atoms with Gasteiger partial charge in [-0.1, -0.05) is 44.7 Å². The third kappa shape index (κ3) is 8.37. The smallest absolute Gasteiger partial charge is 0.504 e. The van der Waals surface area contributed by atoms with Gasteiger partial charge in [0.2, 0.25) is 6.79 Å². The molecule has 1 unspecified atom stereocenters. The van der Waals surface area contributed by atoms with Crippen molar-refractivity contribution in [3.8, 4) is 46.3 Å². The predicted octanol–water partition coefficient (Wildman–Crippen LogP) is 8.49. The van der Waals surface area contributed by atoms with Gasteiger partial charge in [0.05, 0.1) is 37.6 Å². The van der Waals surface area contributed by atoms with E-state index in [1.54, 1.807) is 32.9 Å². The van der Waals surface area contributed by atoms with E-state index < -0.39 is 52.7 Å². The van der Waals surface area contributed by atoms with E-state index in [4.69, 9.17) is 37.9 Å². The van der Waals surface area contributed by atoms with Crippen LogP contribution < -0.4 is 33.7 Å². The van der Waals surface area contributed by atoms with Crippen LogP contribution in [0, 0.1) is 25.2 Å². The second-order valence-electron chi connectivity index (χ2n) is 20.0. The number of phenolic OH excluding ortho intramolecular Hbond substituents is 1. The van der Waals surface area contributed by atoms with Crippen molar-refractivity contribution < 1.29 is 57.4 Å². The first-order valence-electron chi connectivity index (χ1n) is 24.4. The van der Waals surface area contributed by atoms with Crippen LogP contribution in [-0.4, -0.2) is 103 Å². The number of carbonyl (C=O) groups is 3. The number of carbonyl (C=O) groups excluding carboxylic acids is 3. The molecule has 0 radical (unpaired) electrons. The zero-order valence-corrected chi connectivity index (χ0v) is 42.2. The molecule has 2 saturated heterocycles. The zero-order valence-electron chi connectivity index (χ0n) is 41.4. The van der Waals surface area contributed by atoms with Gasteiger partial charge in [0.1, 0.15) is 24.0 Å². The Morgan fingerprint density at radius 2 is 1.77 bits per heavy atom. The average Bonchev–Trinajstić information content (AvgIpc) is 3.81. The molecule has 16 nitrogen and oxygen atoms in total. The SMILES string of the molecule is C=CCN1[C@@H]2c3c(cc(C)c(OC)c3O)C[C@H]1[C@H](C#N)N1C2[C@@H]2SC[C@]3(NCCc4cc(OC(=O)OC(C)(C)C)c(OC)cc43)C(=O)OC[C@@H]1c1c3c(c(C)c(OC(=O)CCCCCCC)c12)OCO3. The third-order valence-corrected chi connectivity index (χ3v) is 16.1. The summed E-state index contributed by atoms with van der Waals surface area (Å²) in [6.07, 6.45) is 6.79. The van der Waals surface area contributed by atoms with Crippen molar-refractivity contribution >= 4 is 29.9 Å². The number of aryl methyl sites for hydroxylation is 1. The van der Waals surface area contributed by atoms with Crippen LogP contribution in [0.2, 0.25) is 0 Å². The van der Waals surface area contributed by atoms with E-state index in [2.05, 4.69) is 34.7 Å². The molecule has 0 aliphatic carbocycles. The molecule has 0 amide bonds. The molecule has 3 aromatic carbocycles. The van der Waals surface area contributed by atoms with Gasteiger partial charge in [-0.25, -0.2) is 9.59 Å². The maximum atomic E-state index is 15.3. The highest BCUT2D eigenvalue weighted by atomic mass is 32.2. The van der Waals surface area contributed by atoms with Gasteiger partial charge in [0, 0.05) is 59.6 Å². The molecule has 7 aliphatic rings. The van der Waals surface area contributed by atoms with Gasteiger partial charge < -0.3 is 43.0 Å². The second-order valence-corrected chi connectivity index (χ2v) is 21.1. The Kier molecular flexibility index (Phi) is 13.7. The zero-order chi connectivity index (χ0) is 49.8. The van der Waals surface area contributed by atoms with Gasteiger partial charge >= 0.3 is 18.1 Å². The molecule has 0 saturated carbocycles. The summed E-state index contributed by atoms with van der Waals surface area (Å²) in [7, 11) is 3.00. The number of fused-ring (bicyclic) bond motifs is 9. The van der Waals surface area contributed by atoms with Crippen LogP contribution in [-0.2, 0) is 37.4 Å². The highest BCUT2D eigenvalue weighted by Gasteiger charge is 2.62. The van der Waals surface area contributed by atoms with E-state index in [1.165, 1.54) is 26.0 Å². The molecule has 4 bridgehead atoms. The summed E-state index contributed by atoms with van der Waals surface area (Å²) in [4.78, 5) is 46.8. The van der Waals surface area contributed by atoms with Crippen LogP contribution in [0.5, 0.6) is 40.2 Å². The normalized spacial score (nSPS) is 25.3. The predicted molar refractivity (Wildman–Crippen MR) is 260 cm³/mol. The Morgan fingerprint density at radius 3 is 2.49 bits per heavy atom. The molecule has 3 aromatic rings. The molecule has 17 heteroatoms. The Labute approximate surface area is 413 Å². The van der Waals surface area contributed by atoms with Crippen molar-refractivity contribution in [3.05, 3.63) is 75.4 Å². The van der Waals surface area contributed by atoms with E-state index in [0.29, 0.717) is 83.2 Å². The number of benzene rings is 3. The van der Waals surface area contributed by atoms with Gasteiger partial charge in [-0.05, 0) is 88.3 Å². The van der Waals surface area contributed by atoms with Crippen LogP contribution in [0.4, 0.5) is 4.79 Å². The van der Waals surface area contributed by atoms with E-state index >= 15 is 4.79 Å². The number of nitriles is 1. The molecule has 1 spiro atoms. The minimum atomic E-state index is -1.47. The van der Waals surface area contributed by atoms with E-state index in [0.717, 1.165) is 42.4 Å². The van der Waals surface area contributed by atoms with Crippen LogP contribution in [0.15, 0.2) is 30.9 Å². The maximum Gasteiger partial charge on any atom is 0.514 e. The Bertz CT molecular complexity index is 2640. The van der Waals surface area contributed by atoms with Crippen molar-refractivity contribution in [2.75, 3.05) is 46.5 Å². The molecule has 7 aliphatic heterocycles. The van der Waals surface area contributed by atoms with Crippen LogP contribution in [0.1, 0.15) is 128 Å². The first-order chi connectivity index (χ1) is 33.6. The molecule has 374 valence electrons. The third-order valence-electron chi connectivity index (χ3n) is 14.6. The number of ether oxygens (including phenoxy) is 8. The number of methoxy groups -OCH3 is 2. The number of phenols is 1. The number of thioether (sulfide) groups is 1. The average molecular weight is 981 g/mol. The summed E-state index contributed by atoms with van der Waals surface area (Å²) in [5.41, 5.74) is 3.30. The van der Waals surface area contributed by atoms with Gasteiger partial charge in [-0.3, -0.25) is 19.9 Å². The fraction of sp³-hybridized carbons (Fsp3) is 0.547. The first-order valence-corrected chi connectivity index (χ1v) is 25.4. The number of nitrogens with one attached hydrogen (secondary N) is 1. The number of nitrogens with zero attached hydrogens (tertiary/aromatic N) is 3. The molecule has 0 aromatic heterocycles.